The largest absolute Gasteiger partial charge is 0.380 e. The molecule has 1 nitrogen and oxygen atoms in total. The summed E-state index contributed by atoms with van der Waals surface area (Å²) in [6.07, 6.45) is 0. The van der Waals surface area contributed by atoms with Crippen molar-refractivity contribution in [3.8, 4) is 0 Å². The van der Waals surface area contributed by atoms with Gasteiger partial charge in [0.15, 0.2) is 0 Å². The fourth-order valence-corrected chi connectivity index (χ4v) is 1.17. The van der Waals surface area contributed by atoms with Crippen LogP contribution < -0.4 is 0 Å². The van der Waals surface area contributed by atoms with Crippen LogP contribution in [0.3, 0.4) is 0 Å². The number of hydrogen-bond donors (Lipinski definition) is 0. The van der Waals surface area contributed by atoms with E-state index in [9.17, 15) is 0 Å². The van der Waals surface area contributed by atoms with Crippen LogP contribution in [0.4, 0.5) is 0 Å². The minimum Gasteiger partial charge on any atom is -0.380 e. The molecule has 1 heteroatoms. The van der Waals surface area contributed by atoms with Gasteiger partial charge in [-0.25, -0.2) is 0 Å². The zero-order valence-electron chi connectivity index (χ0n) is 8.00. The van der Waals surface area contributed by atoms with Gasteiger partial charge < -0.3 is 4.74 Å². The summed E-state index contributed by atoms with van der Waals surface area (Å²) in [7, 11) is 1.72. The first-order valence-electron chi connectivity index (χ1n) is 4.32. The molecule has 0 aromatic heterocycles. The molecule has 0 amide bonds. The first-order valence-corrected chi connectivity index (χ1v) is 4.32. The Morgan fingerprint density at radius 3 is 2.17 bits per heavy atom. The summed E-state index contributed by atoms with van der Waals surface area (Å²) in [5, 5.41) is 0. The Labute approximate surface area is 74.4 Å². The first kappa shape index (κ1) is 9.27. The van der Waals surface area contributed by atoms with Crippen molar-refractivity contribution in [3.63, 3.8) is 0 Å². The lowest BCUT2D eigenvalue weighted by atomic mass is 10.0. The van der Waals surface area contributed by atoms with Crippen LogP contribution in [0.5, 0.6) is 0 Å². The maximum absolute atomic E-state index is 5.03. The van der Waals surface area contributed by atoms with Gasteiger partial charge in [-0.3, -0.25) is 0 Å². The van der Waals surface area contributed by atoms with Gasteiger partial charge in [-0.05, 0) is 17.0 Å². The standard InChI is InChI=1S/C11H16O/c1-9(2)11-6-4-10(5-7-11)8-12-3/h4-7,9H,8H2,1-3H3. The second kappa shape index (κ2) is 4.27. The molecule has 0 heterocycles. The number of rotatable bonds is 3. The fraction of sp³-hybridized carbons (Fsp3) is 0.455. The Kier molecular flexibility index (Phi) is 3.30. The maximum Gasteiger partial charge on any atom is 0.0713 e. The maximum atomic E-state index is 5.03. The third kappa shape index (κ3) is 2.35. The Morgan fingerprint density at radius 1 is 1.17 bits per heavy atom. The van der Waals surface area contributed by atoms with Crippen molar-refractivity contribution >= 4 is 0 Å². The van der Waals surface area contributed by atoms with Crippen molar-refractivity contribution in [2.75, 3.05) is 7.11 Å². The van der Waals surface area contributed by atoms with Gasteiger partial charge >= 0.3 is 0 Å². The van der Waals surface area contributed by atoms with Crippen LogP contribution in [0.1, 0.15) is 30.9 Å². The van der Waals surface area contributed by atoms with Gasteiger partial charge in [0.05, 0.1) is 6.61 Å². The minimum atomic E-state index is 0.613. The van der Waals surface area contributed by atoms with Gasteiger partial charge in [-0.2, -0.15) is 0 Å². The molecule has 0 radical (unpaired) electrons. The van der Waals surface area contributed by atoms with Crippen molar-refractivity contribution in [1.29, 1.82) is 0 Å². The molecule has 0 aliphatic heterocycles. The lowest BCUT2D eigenvalue weighted by Crippen LogP contribution is -1.90. The Hall–Kier alpha value is -0.820. The molecule has 66 valence electrons. The molecule has 1 aromatic rings. The SMILES string of the molecule is COCc1ccc(C(C)C)cc1. The monoisotopic (exact) mass is 164 g/mol. The molecule has 0 spiro atoms. The van der Waals surface area contributed by atoms with Crippen LogP contribution in [0.2, 0.25) is 0 Å². The highest BCUT2D eigenvalue weighted by Crippen LogP contribution is 2.14. The molecule has 0 aliphatic carbocycles. The van der Waals surface area contributed by atoms with Crippen molar-refractivity contribution in [2.45, 2.75) is 26.4 Å². The van der Waals surface area contributed by atoms with Crippen molar-refractivity contribution in [1.82, 2.24) is 0 Å². The Morgan fingerprint density at radius 2 is 1.75 bits per heavy atom. The van der Waals surface area contributed by atoms with Crippen LogP contribution in [-0.4, -0.2) is 7.11 Å². The van der Waals surface area contributed by atoms with Gasteiger partial charge in [0, 0.05) is 7.11 Å². The molecule has 0 saturated carbocycles. The van der Waals surface area contributed by atoms with Crippen LogP contribution >= 0.6 is 0 Å². The van der Waals surface area contributed by atoms with Crippen molar-refractivity contribution < 1.29 is 4.74 Å². The topological polar surface area (TPSA) is 9.23 Å². The van der Waals surface area contributed by atoms with Crippen LogP contribution in [0, 0.1) is 0 Å². The lowest BCUT2D eigenvalue weighted by molar-refractivity contribution is 0.185. The molecular formula is C11H16O. The van der Waals surface area contributed by atoms with Crippen molar-refractivity contribution in [3.05, 3.63) is 35.4 Å². The fourth-order valence-electron chi connectivity index (χ4n) is 1.17. The zero-order chi connectivity index (χ0) is 8.97. The van der Waals surface area contributed by atoms with Crippen LogP contribution in [0.15, 0.2) is 24.3 Å². The van der Waals surface area contributed by atoms with Crippen LogP contribution in [0.25, 0.3) is 0 Å². The predicted octanol–water partition coefficient (Wildman–Crippen LogP) is 2.96. The average Bonchev–Trinajstić information content (AvgIpc) is 2.06. The van der Waals surface area contributed by atoms with Gasteiger partial charge in [0.25, 0.3) is 0 Å². The number of ether oxygens (including phenoxy) is 1. The van der Waals surface area contributed by atoms with E-state index in [2.05, 4.69) is 38.1 Å². The molecule has 0 N–H and O–H groups in total. The third-order valence-electron chi connectivity index (χ3n) is 1.96. The first-order chi connectivity index (χ1) is 5.74. The number of methoxy groups -OCH3 is 1. The molecule has 0 fully saturated rings. The highest BCUT2D eigenvalue weighted by atomic mass is 16.5. The summed E-state index contributed by atoms with van der Waals surface area (Å²) >= 11 is 0. The second-order valence-electron chi connectivity index (χ2n) is 3.33. The molecule has 0 unspecified atom stereocenters. The lowest BCUT2D eigenvalue weighted by Gasteiger charge is -2.05. The molecule has 1 aromatic carbocycles. The van der Waals surface area contributed by atoms with E-state index in [1.807, 2.05) is 0 Å². The normalized spacial score (nSPS) is 10.7. The minimum absolute atomic E-state index is 0.613. The van der Waals surface area contributed by atoms with Gasteiger partial charge in [-0.15, -0.1) is 0 Å². The van der Waals surface area contributed by atoms with E-state index < -0.39 is 0 Å². The second-order valence-corrected chi connectivity index (χ2v) is 3.33. The highest BCUT2D eigenvalue weighted by molar-refractivity contribution is 5.24. The van der Waals surface area contributed by atoms with E-state index in [1.165, 1.54) is 11.1 Å². The number of hydrogen-bond acceptors (Lipinski definition) is 1. The average molecular weight is 164 g/mol. The van der Waals surface area contributed by atoms with E-state index in [0.717, 1.165) is 0 Å². The molecule has 0 saturated heterocycles. The quantitative estimate of drug-likeness (QED) is 0.667. The smallest absolute Gasteiger partial charge is 0.0713 e. The summed E-state index contributed by atoms with van der Waals surface area (Å²) in [5.41, 5.74) is 2.62. The predicted molar refractivity (Wildman–Crippen MR) is 51.2 cm³/mol. The molecule has 1 rings (SSSR count). The summed E-state index contributed by atoms with van der Waals surface area (Å²) < 4.78 is 5.03. The van der Waals surface area contributed by atoms with E-state index >= 15 is 0 Å². The molecule has 12 heavy (non-hydrogen) atoms. The molecular weight excluding hydrogens is 148 g/mol. The van der Waals surface area contributed by atoms with E-state index in [1.54, 1.807) is 7.11 Å². The number of benzene rings is 1. The van der Waals surface area contributed by atoms with Gasteiger partial charge in [0.2, 0.25) is 0 Å². The summed E-state index contributed by atoms with van der Waals surface area (Å²) in [5.74, 6) is 0.613. The van der Waals surface area contributed by atoms with E-state index in [-0.39, 0.29) is 0 Å². The van der Waals surface area contributed by atoms with E-state index in [4.69, 9.17) is 4.74 Å². The van der Waals surface area contributed by atoms with E-state index in [0.29, 0.717) is 12.5 Å². The zero-order valence-corrected chi connectivity index (χ0v) is 8.00. The summed E-state index contributed by atoms with van der Waals surface area (Å²) in [4.78, 5) is 0. The highest BCUT2D eigenvalue weighted by Gasteiger charge is 1.97. The molecule has 0 atom stereocenters. The Balaban J connectivity index is 2.71. The molecule has 0 bridgehead atoms. The van der Waals surface area contributed by atoms with Gasteiger partial charge in [-0.1, -0.05) is 38.1 Å². The summed E-state index contributed by atoms with van der Waals surface area (Å²) in [6.45, 7) is 5.11. The third-order valence-corrected chi connectivity index (χ3v) is 1.96. The van der Waals surface area contributed by atoms with Crippen molar-refractivity contribution in [2.24, 2.45) is 0 Å². The van der Waals surface area contributed by atoms with Crippen LogP contribution in [-0.2, 0) is 11.3 Å². The Bertz CT molecular complexity index is 223. The molecule has 0 aliphatic rings. The van der Waals surface area contributed by atoms with Gasteiger partial charge in [0.1, 0.15) is 0 Å². The summed E-state index contributed by atoms with van der Waals surface area (Å²) in [6, 6.07) is 8.58.